The van der Waals surface area contributed by atoms with Crippen molar-refractivity contribution in [3.63, 3.8) is 0 Å². The number of ether oxygens (including phenoxy) is 1. The van der Waals surface area contributed by atoms with Crippen molar-refractivity contribution in [3.05, 3.63) is 41.6 Å². The van der Waals surface area contributed by atoms with Crippen LogP contribution in [0.3, 0.4) is 0 Å². The number of nitrogen functional groups attached to an aromatic ring is 1. The normalized spacial score (nSPS) is 21.3. The molecule has 1 aliphatic rings. The standard InChI is InChI=1S/C17H22N4O2/c1-10(11-3-5-14(23-2)6-4-11)19-16-9-15(20-17(18)21-16)12-7-13(22)8-12/h3-6,9-10,12-13,22H,7-8H2,1-2H3,(H3,18,19,20,21)/t10-,12?,13?/m1/s1. The fourth-order valence-corrected chi connectivity index (χ4v) is 2.80. The number of nitrogens with one attached hydrogen (secondary N) is 1. The summed E-state index contributed by atoms with van der Waals surface area (Å²) < 4.78 is 5.17. The zero-order chi connectivity index (χ0) is 16.4. The van der Waals surface area contributed by atoms with Crippen molar-refractivity contribution in [2.45, 2.75) is 37.8 Å². The fourth-order valence-electron chi connectivity index (χ4n) is 2.80. The van der Waals surface area contributed by atoms with Crippen LogP contribution in [0.2, 0.25) is 0 Å². The van der Waals surface area contributed by atoms with E-state index in [0.717, 1.165) is 29.8 Å². The second-order valence-corrected chi connectivity index (χ2v) is 6.00. The first-order valence-electron chi connectivity index (χ1n) is 7.78. The highest BCUT2D eigenvalue weighted by molar-refractivity contribution is 5.44. The average molecular weight is 314 g/mol. The highest BCUT2D eigenvalue weighted by Gasteiger charge is 2.30. The number of benzene rings is 1. The molecule has 0 spiro atoms. The monoisotopic (exact) mass is 314 g/mol. The Morgan fingerprint density at radius 2 is 1.96 bits per heavy atom. The lowest BCUT2D eigenvalue weighted by molar-refractivity contribution is 0.0732. The van der Waals surface area contributed by atoms with Crippen molar-refractivity contribution in [1.82, 2.24) is 9.97 Å². The maximum atomic E-state index is 9.45. The van der Waals surface area contributed by atoms with E-state index in [1.807, 2.05) is 30.3 Å². The van der Waals surface area contributed by atoms with E-state index in [4.69, 9.17) is 10.5 Å². The summed E-state index contributed by atoms with van der Waals surface area (Å²) in [4.78, 5) is 8.55. The highest BCUT2D eigenvalue weighted by atomic mass is 16.5. The number of methoxy groups -OCH3 is 1. The molecule has 0 saturated heterocycles. The number of aromatic nitrogens is 2. The molecule has 0 bridgehead atoms. The first kappa shape index (κ1) is 15.6. The van der Waals surface area contributed by atoms with Gasteiger partial charge in [0.15, 0.2) is 0 Å². The third kappa shape index (κ3) is 3.53. The van der Waals surface area contributed by atoms with Gasteiger partial charge in [-0.25, -0.2) is 4.98 Å². The average Bonchev–Trinajstić information content (AvgIpc) is 2.51. The zero-order valence-electron chi connectivity index (χ0n) is 13.4. The van der Waals surface area contributed by atoms with E-state index in [1.165, 1.54) is 0 Å². The second kappa shape index (κ2) is 6.42. The molecule has 2 aromatic rings. The minimum Gasteiger partial charge on any atom is -0.497 e. The third-order valence-corrected chi connectivity index (χ3v) is 4.27. The molecule has 1 atom stereocenters. The molecule has 122 valence electrons. The van der Waals surface area contributed by atoms with Crippen LogP contribution < -0.4 is 15.8 Å². The predicted octanol–water partition coefficient (Wildman–Crippen LogP) is 2.48. The Kier molecular flexibility index (Phi) is 4.34. The molecular weight excluding hydrogens is 292 g/mol. The van der Waals surface area contributed by atoms with Gasteiger partial charge in [0.2, 0.25) is 5.95 Å². The van der Waals surface area contributed by atoms with Gasteiger partial charge in [-0.3, -0.25) is 0 Å². The summed E-state index contributed by atoms with van der Waals surface area (Å²) in [6.07, 6.45) is 1.26. The van der Waals surface area contributed by atoms with Crippen LogP contribution in [0, 0.1) is 0 Å². The topological polar surface area (TPSA) is 93.3 Å². The molecule has 1 aromatic carbocycles. The van der Waals surface area contributed by atoms with Gasteiger partial charge in [0.1, 0.15) is 11.6 Å². The lowest BCUT2D eigenvalue weighted by Gasteiger charge is -2.31. The van der Waals surface area contributed by atoms with Crippen LogP contribution in [0.4, 0.5) is 11.8 Å². The molecular formula is C17H22N4O2. The van der Waals surface area contributed by atoms with Gasteiger partial charge in [0, 0.05) is 18.0 Å². The molecule has 23 heavy (non-hydrogen) atoms. The van der Waals surface area contributed by atoms with Crippen LogP contribution in [0.5, 0.6) is 5.75 Å². The molecule has 6 heteroatoms. The maximum Gasteiger partial charge on any atom is 0.222 e. The lowest BCUT2D eigenvalue weighted by Crippen LogP contribution is -2.27. The van der Waals surface area contributed by atoms with E-state index in [9.17, 15) is 5.11 Å². The molecule has 0 amide bonds. The van der Waals surface area contributed by atoms with Crippen LogP contribution >= 0.6 is 0 Å². The smallest absolute Gasteiger partial charge is 0.222 e. The molecule has 3 rings (SSSR count). The third-order valence-electron chi connectivity index (χ3n) is 4.27. The number of rotatable bonds is 5. The number of anilines is 2. The summed E-state index contributed by atoms with van der Waals surface area (Å²) in [7, 11) is 1.65. The molecule has 0 aliphatic heterocycles. The number of aliphatic hydroxyl groups excluding tert-OH is 1. The van der Waals surface area contributed by atoms with Gasteiger partial charge in [-0.2, -0.15) is 4.98 Å². The summed E-state index contributed by atoms with van der Waals surface area (Å²) in [5, 5.41) is 12.8. The van der Waals surface area contributed by atoms with Crippen molar-refractivity contribution >= 4 is 11.8 Å². The number of aliphatic hydroxyl groups is 1. The predicted molar refractivity (Wildman–Crippen MR) is 89.5 cm³/mol. The van der Waals surface area contributed by atoms with E-state index in [2.05, 4.69) is 22.2 Å². The Labute approximate surface area is 135 Å². The van der Waals surface area contributed by atoms with E-state index < -0.39 is 0 Å². The van der Waals surface area contributed by atoms with Gasteiger partial charge in [0.25, 0.3) is 0 Å². The molecule has 1 heterocycles. The summed E-state index contributed by atoms with van der Waals surface area (Å²) in [6.45, 7) is 2.06. The Balaban J connectivity index is 1.73. The van der Waals surface area contributed by atoms with Gasteiger partial charge >= 0.3 is 0 Å². The van der Waals surface area contributed by atoms with E-state index >= 15 is 0 Å². The summed E-state index contributed by atoms with van der Waals surface area (Å²) in [5.74, 6) is 2.07. The van der Waals surface area contributed by atoms with E-state index in [1.54, 1.807) is 7.11 Å². The van der Waals surface area contributed by atoms with E-state index in [-0.39, 0.29) is 24.0 Å². The summed E-state index contributed by atoms with van der Waals surface area (Å²) >= 11 is 0. The van der Waals surface area contributed by atoms with Gasteiger partial charge in [0.05, 0.1) is 18.9 Å². The minimum absolute atomic E-state index is 0.0787. The second-order valence-electron chi connectivity index (χ2n) is 6.00. The van der Waals surface area contributed by atoms with Gasteiger partial charge in [-0.1, -0.05) is 12.1 Å². The minimum atomic E-state index is -0.217. The molecule has 4 N–H and O–H groups in total. The lowest BCUT2D eigenvalue weighted by atomic mass is 9.80. The Morgan fingerprint density at radius 1 is 1.26 bits per heavy atom. The Hall–Kier alpha value is -2.34. The SMILES string of the molecule is COc1ccc([C@@H](C)Nc2cc(C3CC(O)C3)nc(N)n2)cc1. The van der Waals surface area contributed by atoms with Gasteiger partial charge in [-0.15, -0.1) is 0 Å². The Bertz CT molecular complexity index is 669. The van der Waals surface area contributed by atoms with Crippen LogP contribution in [-0.4, -0.2) is 28.3 Å². The van der Waals surface area contributed by atoms with E-state index in [0.29, 0.717) is 5.82 Å². The maximum absolute atomic E-state index is 9.45. The molecule has 1 fully saturated rings. The quantitative estimate of drug-likeness (QED) is 0.785. The van der Waals surface area contributed by atoms with Gasteiger partial charge < -0.3 is 20.9 Å². The Morgan fingerprint density at radius 3 is 2.57 bits per heavy atom. The van der Waals surface area contributed by atoms with Crippen molar-refractivity contribution in [2.75, 3.05) is 18.2 Å². The summed E-state index contributed by atoms with van der Waals surface area (Å²) in [6, 6.07) is 9.91. The van der Waals surface area contributed by atoms with Crippen LogP contribution in [-0.2, 0) is 0 Å². The van der Waals surface area contributed by atoms with Crippen LogP contribution in [0.1, 0.15) is 43.0 Å². The highest BCUT2D eigenvalue weighted by Crippen LogP contribution is 2.36. The number of hydrogen-bond donors (Lipinski definition) is 3. The molecule has 1 aromatic heterocycles. The summed E-state index contributed by atoms with van der Waals surface area (Å²) in [5.41, 5.74) is 7.85. The van der Waals surface area contributed by atoms with Crippen molar-refractivity contribution in [3.8, 4) is 5.75 Å². The van der Waals surface area contributed by atoms with Crippen LogP contribution in [0.25, 0.3) is 0 Å². The van der Waals surface area contributed by atoms with Crippen molar-refractivity contribution in [2.24, 2.45) is 0 Å². The van der Waals surface area contributed by atoms with Gasteiger partial charge in [-0.05, 0) is 37.5 Å². The van der Waals surface area contributed by atoms with Crippen molar-refractivity contribution in [1.29, 1.82) is 0 Å². The first-order valence-corrected chi connectivity index (χ1v) is 7.78. The fraction of sp³-hybridized carbons (Fsp3) is 0.412. The largest absolute Gasteiger partial charge is 0.497 e. The molecule has 0 unspecified atom stereocenters. The van der Waals surface area contributed by atoms with Crippen LogP contribution in [0.15, 0.2) is 30.3 Å². The molecule has 0 radical (unpaired) electrons. The zero-order valence-corrected chi connectivity index (χ0v) is 13.4. The number of nitrogens with two attached hydrogens (primary N) is 1. The number of hydrogen-bond acceptors (Lipinski definition) is 6. The number of nitrogens with zero attached hydrogens (tertiary/aromatic N) is 2. The molecule has 6 nitrogen and oxygen atoms in total. The molecule has 1 saturated carbocycles. The van der Waals surface area contributed by atoms with Crippen molar-refractivity contribution < 1.29 is 9.84 Å². The first-order chi connectivity index (χ1) is 11.0. The molecule has 1 aliphatic carbocycles.